The number of carbonyl (C=O) groups excluding carboxylic acids is 3. The Balaban J connectivity index is 1.54. The minimum absolute atomic E-state index is 0.0182. The van der Waals surface area contributed by atoms with Crippen molar-refractivity contribution in [1.82, 2.24) is 9.80 Å². The molecule has 2 saturated heterocycles. The molecule has 4 atom stereocenters. The third-order valence-electron chi connectivity index (χ3n) is 8.41. The van der Waals surface area contributed by atoms with E-state index in [1.54, 1.807) is 17.9 Å². The average Bonchev–Trinajstić information content (AvgIpc) is 3.11. The number of aliphatic hydroxyl groups is 1. The van der Waals surface area contributed by atoms with Crippen molar-refractivity contribution in [1.29, 1.82) is 0 Å². The molecular formula is C30H33N3O9S. The van der Waals surface area contributed by atoms with Crippen molar-refractivity contribution in [3.8, 4) is 0 Å². The number of β-lactam (4-membered cyclic amide) rings is 1. The summed E-state index contributed by atoms with van der Waals surface area (Å²) in [7, 11) is -4.52. The zero-order chi connectivity index (χ0) is 31.1. The minimum atomic E-state index is -4.52. The lowest BCUT2D eigenvalue weighted by atomic mass is 9.79. The minimum Gasteiger partial charge on any atom is -0.456 e. The zero-order valence-corrected chi connectivity index (χ0v) is 24.7. The molecule has 0 spiro atoms. The highest BCUT2D eigenvalue weighted by Crippen LogP contribution is 2.50. The van der Waals surface area contributed by atoms with Crippen molar-refractivity contribution in [3.63, 3.8) is 0 Å². The monoisotopic (exact) mass is 611 g/mol. The highest BCUT2D eigenvalue weighted by molar-refractivity contribution is 7.95. The van der Waals surface area contributed by atoms with Crippen LogP contribution in [0.15, 0.2) is 64.0 Å². The average molecular weight is 612 g/mol. The molecule has 228 valence electrons. The Bertz CT molecular complexity index is 1590. The number of nitrogens with zero attached hydrogens (tertiary/aromatic N) is 3. The summed E-state index contributed by atoms with van der Waals surface area (Å²) in [5.74, 6) is -3.90. The maximum Gasteiger partial charge on any atom is 0.356 e. The molecule has 43 heavy (non-hydrogen) atoms. The summed E-state index contributed by atoms with van der Waals surface area (Å²) < 4.78 is 34.3. The van der Waals surface area contributed by atoms with Crippen LogP contribution in [0.4, 0.5) is 5.69 Å². The molecule has 12 nitrogen and oxygen atoms in total. The molecular weight excluding hydrogens is 578 g/mol. The van der Waals surface area contributed by atoms with Crippen LogP contribution in [0.2, 0.25) is 0 Å². The predicted octanol–water partition coefficient (Wildman–Crippen LogP) is 3.20. The van der Waals surface area contributed by atoms with Gasteiger partial charge < -0.3 is 19.6 Å². The highest BCUT2D eigenvalue weighted by Gasteiger charge is 2.62. The Labute approximate surface area is 249 Å². The molecule has 0 saturated carbocycles. The third kappa shape index (κ3) is 5.42. The number of nitro groups is 1. The number of sulfone groups is 1. The van der Waals surface area contributed by atoms with E-state index in [0.717, 1.165) is 30.6 Å². The van der Waals surface area contributed by atoms with Crippen LogP contribution in [-0.4, -0.2) is 71.3 Å². The van der Waals surface area contributed by atoms with Crippen molar-refractivity contribution in [2.24, 2.45) is 11.8 Å². The van der Waals surface area contributed by atoms with E-state index in [1.807, 2.05) is 0 Å². The van der Waals surface area contributed by atoms with E-state index in [2.05, 4.69) is 0 Å². The largest absolute Gasteiger partial charge is 0.456 e. The van der Waals surface area contributed by atoms with E-state index >= 15 is 0 Å². The van der Waals surface area contributed by atoms with Crippen molar-refractivity contribution in [3.05, 3.63) is 80.4 Å². The SMILES string of the molecule is CC(O)C1C(=O)N2C(C(=O)OCc3ccc([N+](=O)[O-])cc3)=C(S(=O)(=O)c3ccccc3C(=O)N3CCCCCC3)C(C)[C@H]12. The van der Waals surface area contributed by atoms with Gasteiger partial charge in [0.05, 0.1) is 38.4 Å². The molecule has 3 aliphatic heterocycles. The number of amides is 2. The van der Waals surface area contributed by atoms with Crippen LogP contribution < -0.4 is 0 Å². The second-order valence-electron chi connectivity index (χ2n) is 11.2. The molecule has 3 heterocycles. The van der Waals surface area contributed by atoms with Gasteiger partial charge in [-0.15, -0.1) is 0 Å². The molecule has 3 unspecified atom stereocenters. The van der Waals surface area contributed by atoms with Crippen LogP contribution in [0.1, 0.15) is 55.5 Å². The van der Waals surface area contributed by atoms with Crippen molar-refractivity contribution in [2.45, 2.75) is 63.2 Å². The summed E-state index contributed by atoms with van der Waals surface area (Å²) in [6.07, 6.45) is 2.50. The van der Waals surface area contributed by atoms with Gasteiger partial charge in [-0.3, -0.25) is 19.7 Å². The van der Waals surface area contributed by atoms with Gasteiger partial charge in [-0.2, -0.15) is 0 Å². The van der Waals surface area contributed by atoms with E-state index < -0.39 is 62.2 Å². The number of rotatable bonds is 8. The number of non-ortho nitro benzene ring substituents is 1. The number of ether oxygens (including phenoxy) is 1. The number of benzene rings is 2. The molecule has 0 aromatic heterocycles. The lowest BCUT2D eigenvalue weighted by molar-refractivity contribution is -0.384. The first-order valence-electron chi connectivity index (χ1n) is 14.2. The Morgan fingerprint density at radius 3 is 2.30 bits per heavy atom. The van der Waals surface area contributed by atoms with E-state index in [-0.39, 0.29) is 27.7 Å². The number of carbonyl (C=O) groups is 3. The maximum absolute atomic E-state index is 14.4. The molecule has 0 aliphatic carbocycles. The number of nitro benzene ring substituents is 1. The number of esters is 1. The molecule has 5 rings (SSSR count). The second kappa shape index (κ2) is 11.9. The molecule has 2 aromatic carbocycles. The van der Waals surface area contributed by atoms with Gasteiger partial charge in [-0.1, -0.05) is 31.9 Å². The molecule has 1 N–H and O–H groups in total. The Kier molecular flexibility index (Phi) is 8.39. The Hall–Kier alpha value is -4.10. The van der Waals surface area contributed by atoms with Gasteiger partial charge in [-0.05, 0) is 49.6 Å². The zero-order valence-electron chi connectivity index (χ0n) is 23.8. The molecule has 0 radical (unpaired) electrons. The summed E-state index contributed by atoms with van der Waals surface area (Å²) in [6.45, 7) is 3.68. The van der Waals surface area contributed by atoms with Crippen LogP contribution in [0.5, 0.6) is 0 Å². The fourth-order valence-corrected chi connectivity index (χ4v) is 8.25. The summed E-state index contributed by atoms with van der Waals surface area (Å²) in [5, 5.41) is 21.3. The topological polar surface area (TPSA) is 164 Å². The molecule has 2 amide bonds. The third-order valence-corrected chi connectivity index (χ3v) is 10.5. The summed E-state index contributed by atoms with van der Waals surface area (Å²) >= 11 is 0. The molecule has 2 fully saturated rings. The van der Waals surface area contributed by atoms with E-state index in [0.29, 0.717) is 18.7 Å². The van der Waals surface area contributed by atoms with Gasteiger partial charge in [0, 0.05) is 31.1 Å². The first-order valence-corrected chi connectivity index (χ1v) is 15.7. The molecule has 2 aromatic rings. The lowest BCUT2D eigenvalue weighted by Crippen LogP contribution is -2.63. The number of hydrogen-bond acceptors (Lipinski definition) is 9. The quantitative estimate of drug-likeness (QED) is 0.204. The van der Waals surface area contributed by atoms with Crippen LogP contribution in [0, 0.1) is 22.0 Å². The van der Waals surface area contributed by atoms with Crippen LogP contribution in [0.3, 0.4) is 0 Å². The summed E-state index contributed by atoms with van der Waals surface area (Å²) in [4.78, 5) is 52.8. The smallest absolute Gasteiger partial charge is 0.356 e. The van der Waals surface area contributed by atoms with Gasteiger partial charge in [0.1, 0.15) is 12.3 Å². The maximum atomic E-state index is 14.4. The van der Waals surface area contributed by atoms with Crippen LogP contribution in [-0.2, 0) is 30.8 Å². The molecule has 3 aliphatic rings. The van der Waals surface area contributed by atoms with Crippen LogP contribution in [0.25, 0.3) is 0 Å². The number of aliphatic hydroxyl groups excluding tert-OH is 1. The second-order valence-corrected chi connectivity index (χ2v) is 13.1. The summed E-state index contributed by atoms with van der Waals surface area (Å²) in [6, 6.07) is 10.4. The standard InChI is InChI=1S/C30H33N3O9S/c1-18-25-24(19(2)34)29(36)32(25)26(30(37)42-17-20-11-13-21(14-12-20)33(38)39)27(18)43(40,41)23-10-6-5-9-22(23)28(35)31-15-7-3-4-8-16-31/h5-6,9-14,18-19,24-25,34H,3-4,7-8,15-17H2,1-2H3/t18?,19?,24?,25-/m1/s1. The van der Waals surface area contributed by atoms with E-state index in [9.17, 15) is 38.0 Å². The van der Waals surface area contributed by atoms with Crippen LogP contribution >= 0.6 is 0 Å². The van der Waals surface area contributed by atoms with Crippen molar-refractivity contribution >= 4 is 33.3 Å². The first-order chi connectivity index (χ1) is 20.4. The van der Waals surface area contributed by atoms with Gasteiger partial charge in [0.2, 0.25) is 15.7 Å². The van der Waals surface area contributed by atoms with E-state index in [1.165, 1.54) is 49.4 Å². The van der Waals surface area contributed by atoms with Gasteiger partial charge >= 0.3 is 5.97 Å². The first kappa shape index (κ1) is 30.4. The number of likely N-dealkylation sites (tertiary alicyclic amines) is 1. The van der Waals surface area contributed by atoms with Crippen molar-refractivity contribution in [2.75, 3.05) is 13.1 Å². The number of fused-ring (bicyclic) bond motifs is 1. The van der Waals surface area contributed by atoms with Gasteiger partial charge in [0.25, 0.3) is 11.6 Å². The fraction of sp³-hybridized carbons (Fsp3) is 0.433. The Morgan fingerprint density at radius 1 is 1.07 bits per heavy atom. The summed E-state index contributed by atoms with van der Waals surface area (Å²) in [5.41, 5.74) is -0.201. The predicted molar refractivity (Wildman–Crippen MR) is 153 cm³/mol. The fourth-order valence-electron chi connectivity index (χ4n) is 6.25. The van der Waals surface area contributed by atoms with Gasteiger partial charge in [0.15, 0.2) is 0 Å². The highest BCUT2D eigenvalue weighted by atomic mass is 32.2. The Morgan fingerprint density at radius 2 is 1.70 bits per heavy atom. The normalized spacial score (nSPS) is 22.9. The van der Waals surface area contributed by atoms with Gasteiger partial charge in [-0.25, -0.2) is 13.2 Å². The van der Waals surface area contributed by atoms with E-state index in [4.69, 9.17) is 4.74 Å². The molecule has 0 bridgehead atoms. The van der Waals surface area contributed by atoms with Crippen molar-refractivity contribution < 1.29 is 37.6 Å². The molecule has 13 heteroatoms. The number of hydrogen-bond donors (Lipinski definition) is 1. The lowest BCUT2D eigenvalue weighted by Gasteiger charge is -2.46.